The zero-order chi connectivity index (χ0) is 26.3. The molecule has 0 saturated carbocycles. The number of piperidine rings is 1. The van der Waals surface area contributed by atoms with Gasteiger partial charge in [0.2, 0.25) is 5.95 Å². The Hall–Kier alpha value is -4.10. The number of nitrogens with two attached hydrogens (primary N) is 1. The number of nitriles is 1. The fourth-order valence-corrected chi connectivity index (χ4v) is 4.63. The molecule has 0 unspecified atom stereocenters. The molecule has 1 fully saturated rings. The predicted octanol–water partition coefficient (Wildman–Crippen LogP) is 6.06. The number of rotatable bonds is 3. The van der Waals surface area contributed by atoms with Crippen LogP contribution in [0.4, 0.5) is 27.9 Å². The summed E-state index contributed by atoms with van der Waals surface area (Å²) in [6.07, 6.45) is -3.10. The molecule has 0 aliphatic carbocycles. The zero-order valence-electron chi connectivity index (χ0n) is 19.4. The summed E-state index contributed by atoms with van der Waals surface area (Å²) in [5.41, 5.74) is 5.15. The van der Waals surface area contributed by atoms with Crippen LogP contribution in [0.2, 0.25) is 0 Å². The largest absolute Gasteiger partial charge is 0.417 e. The molecule has 4 aromatic rings. The van der Waals surface area contributed by atoms with Crippen molar-refractivity contribution in [3.05, 3.63) is 77.4 Å². The Bertz CT molecular complexity index is 1540. The molecule has 5 nitrogen and oxygen atoms in total. The number of benzene rings is 3. The third kappa shape index (κ3) is 4.70. The molecule has 3 aromatic carbocycles. The molecule has 2 heterocycles. The highest BCUT2D eigenvalue weighted by Crippen LogP contribution is 2.40. The summed E-state index contributed by atoms with van der Waals surface area (Å²) in [5.74, 6) is -1.45. The molecule has 37 heavy (non-hydrogen) atoms. The Labute approximate surface area is 209 Å². The van der Waals surface area contributed by atoms with Crippen LogP contribution in [0.1, 0.15) is 24.0 Å². The lowest BCUT2D eigenvalue weighted by molar-refractivity contribution is -0.137. The second kappa shape index (κ2) is 9.41. The van der Waals surface area contributed by atoms with Gasteiger partial charge in [-0.15, -0.1) is 0 Å². The van der Waals surface area contributed by atoms with E-state index >= 15 is 0 Å². The van der Waals surface area contributed by atoms with Crippen molar-refractivity contribution >= 4 is 16.9 Å². The molecule has 0 spiro atoms. The molecule has 1 saturated heterocycles. The summed E-state index contributed by atoms with van der Waals surface area (Å²) in [6.45, 7) is 1.16. The minimum atomic E-state index is -4.78. The number of fused-ring (bicyclic) bond motifs is 1. The molecule has 1 aliphatic rings. The van der Waals surface area contributed by atoms with Crippen LogP contribution >= 0.6 is 0 Å². The minimum absolute atomic E-state index is 0.0235. The molecule has 188 valence electrons. The highest BCUT2D eigenvalue weighted by Gasteiger charge is 2.35. The van der Waals surface area contributed by atoms with E-state index in [1.54, 1.807) is 6.07 Å². The first-order chi connectivity index (χ1) is 17.7. The number of hydrogen-bond acceptors (Lipinski definition) is 5. The molecule has 2 N–H and O–H groups in total. The molecule has 1 aliphatic heterocycles. The topological polar surface area (TPSA) is 78.8 Å². The molecular weight excluding hydrogens is 489 g/mol. The summed E-state index contributed by atoms with van der Waals surface area (Å²) in [7, 11) is 0. The van der Waals surface area contributed by atoms with E-state index in [-0.39, 0.29) is 22.9 Å². The normalized spacial score (nSPS) is 16.1. The quantitative estimate of drug-likeness (QED) is 0.340. The first-order valence-corrected chi connectivity index (χ1v) is 11.5. The van der Waals surface area contributed by atoms with Crippen LogP contribution in [-0.4, -0.2) is 29.1 Å². The Balaban J connectivity index is 1.75. The minimum Gasteiger partial charge on any atom is -0.339 e. The van der Waals surface area contributed by atoms with E-state index in [0.29, 0.717) is 35.5 Å². The Morgan fingerprint density at radius 1 is 0.973 bits per heavy atom. The average molecular weight is 509 g/mol. The fourth-order valence-electron chi connectivity index (χ4n) is 4.63. The fraction of sp³-hybridized carbons (Fsp3) is 0.222. The number of hydrogen-bond donors (Lipinski definition) is 1. The van der Waals surface area contributed by atoms with Crippen LogP contribution in [0.15, 0.2) is 54.6 Å². The van der Waals surface area contributed by atoms with Crippen molar-refractivity contribution in [2.24, 2.45) is 5.73 Å². The third-order valence-electron chi connectivity index (χ3n) is 6.40. The predicted molar refractivity (Wildman–Crippen MR) is 129 cm³/mol. The van der Waals surface area contributed by atoms with Crippen molar-refractivity contribution in [1.82, 2.24) is 9.97 Å². The molecule has 0 radical (unpaired) electrons. The third-order valence-corrected chi connectivity index (χ3v) is 6.40. The van der Waals surface area contributed by atoms with E-state index in [9.17, 15) is 22.0 Å². The number of halogens is 5. The maximum Gasteiger partial charge on any atom is 0.417 e. The van der Waals surface area contributed by atoms with E-state index in [1.165, 1.54) is 30.3 Å². The number of nitrogens with zero attached hydrogens (tertiary/aromatic N) is 4. The zero-order valence-corrected chi connectivity index (χ0v) is 19.4. The first-order valence-electron chi connectivity index (χ1n) is 11.5. The molecule has 1 atom stereocenters. The van der Waals surface area contributed by atoms with Crippen molar-refractivity contribution in [3.63, 3.8) is 0 Å². The van der Waals surface area contributed by atoms with Crippen LogP contribution < -0.4 is 10.6 Å². The van der Waals surface area contributed by atoms with E-state index in [4.69, 9.17) is 11.0 Å². The van der Waals surface area contributed by atoms with Crippen molar-refractivity contribution in [3.8, 4) is 28.5 Å². The van der Waals surface area contributed by atoms with Crippen LogP contribution in [0, 0.1) is 23.0 Å². The summed E-state index contributed by atoms with van der Waals surface area (Å²) in [5, 5.41) is 9.42. The van der Waals surface area contributed by atoms with Crippen LogP contribution in [0.3, 0.4) is 0 Å². The van der Waals surface area contributed by atoms with Crippen molar-refractivity contribution in [2.75, 3.05) is 18.0 Å². The van der Waals surface area contributed by atoms with E-state index in [2.05, 4.69) is 9.97 Å². The lowest BCUT2D eigenvalue weighted by Gasteiger charge is -2.31. The SMILES string of the molecule is N#Cc1ccc(-c2nc(N3CCC[C@H](N)C3)nc3ccc(-c4c(F)cccc4C(F)(F)F)cc23)cc1F. The van der Waals surface area contributed by atoms with Gasteiger partial charge in [-0.25, -0.2) is 18.7 Å². The van der Waals surface area contributed by atoms with Gasteiger partial charge in [-0.2, -0.15) is 18.4 Å². The highest BCUT2D eigenvalue weighted by atomic mass is 19.4. The molecule has 0 amide bonds. The van der Waals surface area contributed by atoms with Gasteiger partial charge in [0.15, 0.2) is 0 Å². The van der Waals surface area contributed by atoms with Crippen molar-refractivity contribution < 1.29 is 22.0 Å². The summed E-state index contributed by atoms with van der Waals surface area (Å²) >= 11 is 0. The van der Waals surface area contributed by atoms with E-state index in [1.807, 2.05) is 4.90 Å². The smallest absolute Gasteiger partial charge is 0.339 e. The van der Waals surface area contributed by atoms with Crippen LogP contribution in [-0.2, 0) is 6.18 Å². The maximum absolute atomic E-state index is 14.7. The second-order valence-electron chi connectivity index (χ2n) is 8.92. The molecule has 5 rings (SSSR count). The van der Waals surface area contributed by atoms with Gasteiger partial charge in [0.05, 0.1) is 22.3 Å². The van der Waals surface area contributed by atoms with Crippen molar-refractivity contribution in [1.29, 1.82) is 5.26 Å². The van der Waals surface area contributed by atoms with Gasteiger partial charge in [0.25, 0.3) is 0 Å². The van der Waals surface area contributed by atoms with Gasteiger partial charge < -0.3 is 10.6 Å². The van der Waals surface area contributed by atoms with E-state index < -0.39 is 28.9 Å². The summed E-state index contributed by atoms with van der Waals surface area (Å²) in [6, 6.07) is 12.7. The monoisotopic (exact) mass is 509 g/mol. The molecular formula is C27H20F5N5. The Morgan fingerprint density at radius 3 is 2.46 bits per heavy atom. The molecule has 0 bridgehead atoms. The second-order valence-corrected chi connectivity index (χ2v) is 8.92. The molecule has 10 heteroatoms. The van der Waals surface area contributed by atoms with Crippen LogP contribution in [0.25, 0.3) is 33.3 Å². The average Bonchev–Trinajstić information content (AvgIpc) is 2.87. The van der Waals surface area contributed by atoms with Crippen molar-refractivity contribution in [2.45, 2.75) is 25.1 Å². The highest BCUT2D eigenvalue weighted by molar-refractivity contribution is 5.96. The lowest BCUT2D eigenvalue weighted by Crippen LogP contribution is -2.43. The van der Waals surface area contributed by atoms with Gasteiger partial charge >= 0.3 is 6.18 Å². The maximum atomic E-state index is 14.7. The van der Waals surface area contributed by atoms with E-state index in [0.717, 1.165) is 37.1 Å². The number of anilines is 1. The van der Waals surface area contributed by atoms with Gasteiger partial charge in [-0.05, 0) is 54.8 Å². The summed E-state index contributed by atoms with van der Waals surface area (Å²) in [4.78, 5) is 11.2. The van der Waals surface area contributed by atoms with Gasteiger partial charge in [-0.1, -0.05) is 18.2 Å². The lowest BCUT2D eigenvalue weighted by atomic mass is 9.95. The first kappa shape index (κ1) is 24.6. The summed E-state index contributed by atoms with van der Waals surface area (Å²) < 4.78 is 70.4. The Kier molecular flexibility index (Phi) is 6.25. The number of alkyl halides is 3. The standard InChI is InChI=1S/C27H20F5N5/c28-21-5-1-4-20(27(30,31)32)24(21)15-8-9-23-19(11-15)25(16-6-7-17(13-33)22(29)12-16)36-26(35-23)37-10-2-3-18(34)14-37/h1,4-9,11-12,18H,2-3,10,14,34H2/t18-/m0/s1. The van der Waals surface area contributed by atoms with Gasteiger partial charge in [0.1, 0.15) is 17.7 Å². The molecule has 1 aromatic heterocycles. The van der Waals surface area contributed by atoms with Gasteiger partial charge in [0, 0.05) is 35.6 Å². The number of aromatic nitrogens is 2. The van der Waals surface area contributed by atoms with Crippen LogP contribution in [0.5, 0.6) is 0 Å². The Morgan fingerprint density at radius 2 is 1.76 bits per heavy atom. The van der Waals surface area contributed by atoms with Gasteiger partial charge in [-0.3, -0.25) is 0 Å².